The lowest BCUT2D eigenvalue weighted by Gasteiger charge is -2.48. The van der Waals surface area contributed by atoms with Gasteiger partial charge in [0.15, 0.2) is 0 Å². The highest BCUT2D eigenvalue weighted by atomic mass is 16.7. The van der Waals surface area contributed by atoms with Crippen molar-refractivity contribution in [2.75, 3.05) is 54.9 Å². The fraction of sp³-hybridized carbons (Fsp3) is 0.700. The second-order valence-corrected chi connectivity index (χ2v) is 16.6. The second kappa shape index (κ2) is 15.6. The first-order chi connectivity index (χ1) is 25.4. The van der Waals surface area contributed by atoms with Crippen LogP contribution in [0.15, 0.2) is 45.6 Å². The number of hydrogen-bond acceptors (Lipinski definition) is 14. The first-order valence-electron chi connectivity index (χ1n) is 18.7. The first-order valence-corrected chi connectivity index (χ1v) is 18.7. The molecule has 6 aliphatic rings. The maximum absolute atomic E-state index is 12.6. The highest BCUT2D eigenvalue weighted by Gasteiger charge is 2.61. The van der Waals surface area contributed by atoms with Crippen molar-refractivity contribution >= 4 is 23.9 Å². The van der Waals surface area contributed by atoms with Gasteiger partial charge in [0, 0.05) is 22.0 Å². The molecule has 4 fully saturated rings. The van der Waals surface area contributed by atoms with Crippen LogP contribution in [0.4, 0.5) is 0 Å². The molecular formula is C40H56O14. The van der Waals surface area contributed by atoms with Crippen molar-refractivity contribution in [1.29, 1.82) is 0 Å². The maximum atomic E-state index is 12.6. The van der Waals surface area contributed by atoms with Crippen LogP contribution in [-0.4, -0.2) is 112 Å². The standard InChI is InChI=1S/2C20H28O7/c2*1-18(2)11-26-20(27-12-18)14(19(23)8-6-5-7-9-19)10-13(16(21)24-3)15(20)17(22)25-4/h2*10,23H,5-9,11-12H2,1-4H3. The second-order valence-electron chi connectivity index (χ2n) is 16.6. The Hall–Kier alpha value is -3.40. The van der Waals surface area contributed by atoms with Crippen LogP contribution in [0.1, 0.15) is 91.9 Å². The molecule has 2 heterocycles. The fourth-order valence-electron chi connectivity index (χ4n) is 8.13. The van der Waals surface area contributed by atoms with E-state index in [1.54, 1.807) is 0 Å². The van der Waals surface area contributed by atoms with Gasteiger partial charge in [-0.2, -0.15) is 0 Å². The predicted octanol–water partition coefficient (Wildman–Crippen LogP) is 4.07. The van der Waals surface area contributed by atoms with E-state index in [0.29, 0.717) is 63.3 Å². The average molecular weight is 761 g/mol. The van der Waals surface area contributed by atoms with Crippen molar-refractivity contribution in [3.8, 4) is 0 Å². The summed E-state index contributed by atoms with van der Waals surface area (Å²) in [5, 5.41) is 22.8. The third-order valence-corrected chi connectivity index (χ3v) is 11.1. The van der Waals surface area contributed by atoms with E-state index in [2.05, 4.69) is 0 Å². The van der Waals surface area contributed by atoms with Crippen LogP contribution < -0.4 is 0 Å². The van der Waals surface area contributed by atoms with Crippen LogP contribution in [0.5, 0.6) is 0 Å². The van der Waals surface area contributed by atoms with E-state index < -0.39 is 46.7 Å². The topological polar surface area (TPSA) is 183 Å². The van der Waals surface area contributed by atoms with E-state index in [1.165, 1.54) is 40.6 Å². The van der Waals surface area contributed by atoms with Gasteiger partial charge in [-0.25, -0.2) is 19.2 Å². The number of aliphatic hydroxyl groups is 2. The summed E-state index contributed by atoms with van der Waals surface area (Å²) in [7, 11) is 4.95. The quantitative estimate of drug-likeness (QED) is 0.292. The van der Waals surface area contributed by atoms with Crippen LogP contribution in [0, 0.1) is 10.8 Å². The molecular weight excluding hydrogens is 704 g/mol. The molecule has 0 bridgehead atoms. The van der Waals surface area contributed by atoms with Crippen molar-refractivity contribution in [3.63, 3.8) is 0 Å². The van der Waals surface area contributed by atoms with E-state index in [4.69, 9.17) is 37.9 Å². The van der Waals surface area contributed by atoms with Crippen LogP contribution in [0.2, 0.25) is 0 Å². The molecule has 0 aromatic rings. The van der Waals surface area contributed by atoms with Gasteiger partial charge in [-0.15, -0.1) is 0 Å². The predicted molar refractivity (Wildman–Crippen MR) is 191 cm³/mol. The summed E-state index contributed by atoms with van der Waals surface area (Å²) in [6.07, 6.45) is 10.5. The molecule has 2 N–H and O–H groups in total. The van der Waals surface area contributed by atoms with Gasteiger partial charge in [-0.05, 0) is 37.8 Å². The molecule has 300 valence electrons. The minimum absolute atomic E-state index is 0.0121. The number of esters is 4. The summed E-state index contributed by atoms with van der Waals surface area (Å²) in [4.78, 5) is 50.1. The lowest BCUT2D eigenvalue weighted by Crippen LogP contribution is -2.55. The molecule has 2 saturated carbocycles. The Morgan fingerprint density at radius 3 is 1.04 bits per heavy atom. The van der Waals surface area contributed by atoms with Crippen molar-refractivity contribution in [1.82, 2.24) is 0 Å². The normalized spacial score (nSPS) is 25.9. The highest BCUT2D eigenvalue weighted by molar-refractivity contribution is 6.07. The van der Waals surface area contributed by atoms with Gasteiger partial charge < -0.3 is 48.1 Å². The molecule has 14 nitrogen and oxygen atoms in total. The first kappa shape index (κ1) is 41.8. The summed E-state index contributed by atoms with van der Waals surface area (Å²) in [6.45, 7) is 9.13. The van der Waals surface area contributed by atoms with Crippen LogP contribution in [0.3, 0.4) is 0 Å². The third-order valence-electron chi connectivity index (χ3n) is 11.1. The molecule has 0 unspecified atom stereocenters. The van der Waals surface area contributed by atoms with Gasteiger partial charge in [0.25, 0.3) is 0 Å². The zero-order valence-corrected chi connectivity index (χ0v) is 32.8. The third kappa shape index (κ3) is 7.57. The van der Waals surface area contributed by atoms with E-state index in [0.717, 1.165) is 38.5 Å². The number of rotatable bonds is 6. The smallest absolute Gasteiger partial charge is 0.340 e. The number of methoxy groups -OCH3 is 4. The molecule has 14 heteroatoms. The van der Waals surface area contributed by atoms with Crippen LogP contribution in [-0.2, 0) is 57.1 Å². The number of ether oxygens (including phenoxy) is 8. The number of carbonyl (C=O) groups is 4. The van der Waals surface area contributed by atoms with Crippen molar-refractivity contribution < 1.29 is 67.3 Å². The van der Waals surface area contributed by atoms with E-state index in [1.807, 2.05) is 27.7 Å². The number of carbonyl (C=O) groups excluding carboxylic acids is 4. The highest BCUT2D eigenvalue weighted by Crippen LogP contribution is 2.54. The molecule has 54 heavy (non-hydrogen) atoms. The van der Waals surface area contributed by atoms with Crippen LogP contribution >= 0.6 is 0 Å². The van der Waals surface area contributed by atoms with Crippen molar-refractivity contribution in [3.05, 3.63) is 45.6 Å². The Balaban J connectivity index is 0.000000208. The van der Waals surface area contributed by atoms with Gasteiger partial charge in [0.2, 0.25) is 11.6 Å². The summed E-state index contributed by atoms with van der Waals surface area (Å²) in [5.41, 5.74) is -2.25. The Morgan fingerprint density at radius 2 is 0.778 bits per heavy atom. The summed E-state index contributed by atoms with van der Waals surface area (Å²) in [5.74, 6) is -6.11. The van der Waals surface area contributed by atoms with Gasteiger partial charge in [0.05, 0.1) is 77.2 Å². The minimum atomic E-state index is -1.63. The molecule has 0 aromatic heterocycles. The Bertz CT molecular complexity index is 1490. The minimum Gasteiger partial charge on any atom is -0.465 e. The number of hydrogen-bond donors (Lipinski definition) is 2. The van der Waals surface area contributed by atoms with E-state index >= 15 is 0 Å². The lowest BCUT2D eigenvalue weighted by molar-refractivity contribution is -0.266. The summed E-state index contributed by atoms with van der Waals surface area (Å²) in [6, 6.07) is 0. The zero-order valence-electron chi connectivity index (χ0n) is 32.8. The van der Waals surface area contributed by atoms with Gasteiger partial charge >= 0.3 is 23.9 Å². The summed E-state index contributed by atoms with van der Waals surface area (Å²) < 4.78 is 44.0. The molecule has 0 aromatic carbocycles. The van der Waals surface area contributed by atoms with Crippen LogP contribution in [0.25, 0.3) is 0 Å². The largest absolute Gasteiger partial charge is 0.465 e. The van der Waals surface area contributed by atoms with E-state index in [-0.39, 0.29) is 33.1 Å². The van der Waals surface area contributed by atoms with Gasteiger partial charge in [-0.3, -0.25) is 0 Å². The molecule has 2 aliphatic heterocycles. The molecule has 0 radical (unpaired) electrons. The molecule has 2 saturated heterocycles. The van der Waals surface area contributed by atoms with Crippen molar-refractivity contribution in [2.45, 2.75) is 115 Å². The SMILES string of the molecule is COC(=O)C1=C(C(=O)OC)C2(OCC(C)(C)CO2)C(C2(O)CCCCC2)=C1.COC(=O)C1=C(C(=O)OC)C2(OCC(C)(C)CO2)C(C2(O)CCCCC2)=C1. The van der Waals surface area contributed by atoms with Gasteiger partial charge in [0.1, 0.15) is 11.1 Å². The lowest BCUT2D eigenvalue weighted by atomic mass is 9.75. The fourth-order valence-corrected chi connectivity index (χ4v) is 8.13. The molecule has 0 atom stereocenters. The Kier molecular flexibility index (Phi) is 12.1. The zero-order chi connectivity index (χ0) is 39.7. The monoisotopic (exact) mass is 760 g/mol. The molecule has 4 aliphatic carbocycles. The Labute approximate surface area is 316 Å². The van der Waals surface area contributed by atoms with Gasteiger partial charge in [-0.1, -0.05) is 66.2 Å². The van der Waals surface area contributed by atoms with Crippen molar-refractivity contribution in [2.24, 2.45) is 10.8 Å². The average Bonchev–Trinajstić information content (AvgIpc) is 3.68. The Morgan fingerprint density at radius 1 is 0.500 bits per heavy atom. The van der Waals surface area contributed by atoms with E-state index in [9.17, 15) is 29.4 Å². The molecule has 0 amide bonds. The summed E-state index contributed by atoms with van der Waals surface area (Å²) >= 11 is 0. The molecule has 6 rings (SSSR count). The molecule has 2 spiro atoms. The maximum Gasteiger partial charge on any atom is 0.340 e.